The summed E-state index contributed by atoms with van der Waals surface area (Å²) in [5.41, 5.74) is 0. The first-order valence-electron chi connectivity index (χ1n) is 7.79. The summed E-state index contributed by atoms with van der Waals surface area (Å²) in [4.78, 5) is 23.8. The van der Waals surface area contributed by atoms with Crippen LogP contribution in [0.2, 0.25) is 0 Å². The van der Waals surface area contributed by atoms with Crippen molar-refractivity contribution >= 4 is 18.0 Å². The lowest BCUT2D eigenvalue weighted by atomic mass is 9.86. The van der Waals surface area contributed by atoms with Gasteiger partial charge in [0.2, 0.25) is 0 Å². The fraction of sp³-hybridized carbons (Fsp3) is 0.529. The van der Waals surface area contributed by atoms with E-state index in [4.69, 9.17) is 9.15 Å². The second-order valence-electron chi connectivity index (χ2n) is 5.80. The van der Waals surface area contributed by atoms with Gasteiger partial charge >= 0.3 is 5.97 Å². The normalized spacial score (nSPS) is 23.2. The number of rotatable bonds is 5. The standard InChI is InChI=1S/C17H23NO4/c1-12-6-3-4-8-15(12)18-17(20)13(2)22-16(19)10-9-14-7-5-11-21-14/h5,7,9-13,15H,3-4,6,8H2,1-2H3,(H,18,20). The Labute approximate surface area is 130 Å². The lowest BCUT2D eigenvalue weighted by Gasteiger charge is -2.30. The number of hydrogen-bond donors (Lipinski definition) is 1. The molecule has 0 aromatic carbocycles. The minimum atomic E-state index is -0.803. The topological polar surface area (TPSA) is 68.5 Å². The van der Waals surface area contributed by atoms with Crippen LogP contribution in [0.5, 0.6) is 0 Å². The molecule has 1 saturated carbocycles. The van der Waals surface area contributed by atoms with Crippen LogP contribution in [0.15, 0.2) is 28.9 Å². The highest BCUT2D eigenvalue weighted by Crippen LogP contribution is 2.23. The van der Waals surface area contributed by atoms with Crippen LogP contribution in [-0.2, 0) is 14.3 Å². The summed E-state index contributed by atoms with van der Waals surface area (Å²) in [6.45, 7) is 3.73. The summed E-state index contributed by atoms with van der Waals surface area (Å²) in [5.74, 6) is 0.235. The molecule has 22 heavy (non-hydrogen) atoms. The predicted molar refractivity (Wildman–Crippen MR) is 82.9 cm³/mol. The third-order valence-electron chi connectivity index (χ3n) is 4.03. The zero-order valence-corrected chi connectivity index (χ0v) is 13.1. The summed E-state index contributed by atoms with van der Waals surface area (Å²) >= 11 is 0. The van der Waals surface area contributed by atoms with Gasteiger partial charge in [-0.1, -0.05) is 19.8 Å². The molecule has 120 valence electrons. The highest BCUT2D eigenvalue weighted by Gasteiger charge is 2.25. The molecule has 1 aliphatic rings. The summed E-state index contributed by atoms with van der Waals surface area (Å²) in [6, 6.07) is 3.64. The van der Waals surface area contributed by atoms with Crippen LogP contribution in [0, 0.1) is 5.92 Å². The SMILES string of the molecule is CC(OC(=O)C=Cc1ccco1)C(=O)NC1CCCCC1C. The van der Waals surface area contributed by atoms with E-state index in [-0.39, 0.29) is 11.9 Å². The third-order valence-corrected chi connectivity index (χ3v) is 4.03. The number of carbonyl (C=O) groups is 2. The van der Waals surface area contributed by atoms with E-state index in [9.17, 15) is 9.59 Å². The molecule has 0 spiro atoms. The Balaban J connectivity index is 1.79. The molecule has 1 fully saturated rings. The molecule has 3 unspecified atom stereocenters. The minimum absolute atomic E-state index is 0.182. The third kappa shape index (κ3) is 4.76. The molecule has 0 saturated heterocycles. The second kappa shape index (κ2) is 7.82. The number of hydrogen-bond acceptors (Lipinski definition) is 4. The number of esters is 1. The Bertz CT molecular complexity index is 521. The molecule has 1 amide bonds. The van der Waals surface area contributed by atoms with E-state index in [1.165, 1.54) is 24.8 Å². The van der Waals surface area contributed by atoms with Crippen molar-refractivity contribution in [3.63, 3.8) is 0 Å². The zero-order chi connectivity index (χ0) is 15.9. The molecule has 0 radical (unpaired) electrons. The van der Waals surface area contributed by atoms with Crippen molar-refractivity contribution in [3.8, 4) is 0 Å². The highest BCUT2D eigenvalue weighted by atomic mass is 16.5. The van der Waals surface area contributed by atoms with Crippen LogP contribution >= 0.6 is 0 Å². The van der Waals surface area contributed by atoms with E-state index in [1.54, 1.807) is 19.1 Å². The number of ether oxygens (including phenoxy) is 1. The maximum atomic E-state index is 12.1. The number of nitrogens with one attached hydrogen (secondary N) is 1. The molecule has 1 N–H and O–H groups in total. The molecule has 5 heteroatoms. The Morgan fingerprint density at radius 2 is 2.18 bits per heavy atom. The van der Waals surface area contributed by atoms with E-state index >= 15 is 0 Å². The lowest BCUT2D eigenvalue weighted by Crippen LogP contribution is -2.45. The number of amides is 1. The molecule has 1 heterocycles. The van der Waals surface area contributed by atoms with Gasteiger partial charge in [0.25, 0.3) is 5.91 Å². The maximum Gasteiger partial charge on any atom is 0.331 e. The average Bonchev–Trinajstić information content (AvgIpc) is 3.00. The van der Waals surface area contributed by atoms with E-state index in [2.05, 4.69) is 12.2 Å². The minimum Gasteiger partial charge on any atom is -0.465 e. The van der Waals surface area contributed by atoms with E-state index in [1.807, 2.05) is 0 Å². The van der Waals surface area contributed by atoms with Crippen LogP contribution in [-0.4, -0.2) is 24.0 Å². The van der Waals surface area contributed by atoms with E-state index < -0.39 is 12.1 Å². The van der Waals surface area contributed by atoms with Crippen LogP contribution in [0.1, 0.15) is 45.3 Å². The summed E-state index contributed by atoms with van der Waals surface area (Å²) in [7, 11) is 0. The number of carbonyl (C=O) groups excluding carboxylic acids is 2. The summed E-state index contributed by atoms with van der Waals surface area (Å²) in [5, 5.41) is 2.98. The van der Waals surface area contributed by atoms with E-state index in [0.29, 0.717) is 11.7 Å². The quantitative estimate of drug-likeness (QED) is 0.671. The molecule has 0 aliphatic heterocycles. The van der Waals surface area contributed by atoms with Gasteiger partial charge in [0, 0.05) is 12.1 Å². The lowest BCUT2D eigenvalue weighted by molar-refractivity contribution is -0.150. The van der Waals surface area contributed by atoms with Gasteiger partial charge in [0.05, 0.1) is 6.26 Å². The smallest absolute Gasteiger partial charge is 0.331 e. The van der Waals surface area contributed by atoms with Gasteiger partial charge in [-0.25, -0.2) is 4.79 Å². The van der Waals surface area contributed by atoms with Crippen molar-refractivity contribution in [2.45, 2.75) is 51.7 Å². The molecule has 3 atom stereocenters. The summed E-state index contributed by atoms with van der Waals surface area (Å²) in [6.07, 6.45) is 7.96. The molecule has 5 nitrogen and oxygen atoms in total. The van der Waals surface area contributed by atoms with Crippen molar-refractivity contribution in [2.75, 3.05) is 0 Å². The molecule has 2 rings (SSSR count). The average molecular weight is 305 g/mol. The molecular weight excluding hydrogens is 282 g/mol. The zero-order valence-electron chi connectivity index (χ0n) is 13.1. The first-order valence-corrected chi connectivity index (χ1v) is 7.79. The molecular formula is C17H23NO4. The Hall–Kier alpha value is -2.04. The van der Waals surface area contributed by atoms with Crippen molar-refractivity contribution in [1.29, 1.82) is 0 Å². The van der Waals surface area contributed by atoms with Gasteiger partial charge in [0.1, 0.15) is 5.76 Å². The number of furan rings is 1. The van der Waals surface area contributed by atoms with Gasteiger partial charge in [-0.2, -0.15) is 0 Å². The monoisotopic (exact) mass is 305 g/mol. The Morgan fingerprint density at radius 3 is 2.86 bits per heavy atom. The van der Waals surface area contributed by atoms with Crippen molar-refractivity contribution in [3.05, 3.63) is 30.2 Å². The van der Waals surface area contributed by atoms with Gasteiger partial charge in [-0.05, 0) is 43.9 Å². The predicted octanol–water partition coefficient (Wildman–Crippen LogP) is 2.92. The Morgan fingerprint density at radius 1 is 1.41 bits per heavy atom. The fourth-order valence-corrected chi connectivity index (χ4v) is 2.63. The second-order valence-corrected chi connectivity index (χ2v) is 5.80. The van der Waals surface area contributed by atoms with Gasteiger partial charge in [-0.15, -0.1) is 0 Å². The summed E-state index contributed by atoms with van der Waals surface area (Å²) < 4.78 is 10.2. The van der Waals surface area contributed by atoms with Gasteiger partial charge in [0.15, 0.2) is 6.10 Å². The molecule has 0 bridgehead atoms. The Kier molecular flexibility index (Phi) is 5.81. The molecule has 1 aliphatic carbocycles. The van der Waals surface area contributed by atoms with Crippen molar-refractivity contribution in [2.24, 2.45) is 5.92 Å². The van der Waals surface area contributed by atoms with Crippen molar-refractivity contribution < 1.29 is 18.7 Å². The first kappa shape index (κ1) is 16.3. The largest absolute Gasteiger partial charge is 0.465 e. The van der Waals surface area contributed by atoms with Crippen LogP contribution in [0.25, 0.3) is 6.08 Å². The van der Waals surface area contributed by atoms with Crippen LogP contribution in [0.3, 0.4) is 0 Å². The molecule has 1 aromatic rings. The van der Waals surface area contributed by atoms with E-state index in [0.717, 1.165) is 19.3 Å². The van der Waals surface area contributed by atoms with Crippen LogP contribution in [0.4, 0.5) is 0 Å². The molecule has 1 aromatic heterocycles. The van der Waals surface area contributed by atoms with Crippen LogP contribution < -0.4 is 5.32 Å². The van der Waals surface area contributed by atoms with Gasteiger partial charge < -0.3 is 14.5 Å². The van der Waals surface area contributed by atoms with Crippen molar-refractivity contribution in [1.82, 2.24) is 5.32 Å². The first-order chi connectivity index (χ1) is 10.6. The highest BCUT2D eigenvalue weighted by molar-refractivity contribution is 5.90. The van der Waals surface area contributed by atoms with Gasteiger partial charge in [-0.3, -0.25) is 4.79 Å². The fourth-order valence-electron chi connectivity index (χ4n) is 2.63. The maximum absolute atomic E-state index is 12.1.